The lowest BCUT2D eigenvalue weighted by atomic mass is 9.89. The monoisotopic (exact) mass is 607 g/mol. The summed E-state index contributed by atoms with van der Waals surface area (Å²) in [6.07, 6.45) is 14.4. The van der Waals surface area contributed by atoms with Crippen molar-refractivity contribution in [3.05, 3.63) is 41.8 Å². The number of rotatable bonds is 11. The molecule has 0 amide bonds. The molecular weight excluding hydrogens is 570 g/mol. The Morgan fingerprint density at radius 1 is 1.09 bits per heavy atom. The fourth-order valence-corrected chi connectivity index (χ4v) is 6.70. The summed E-state index contributed by atoms with van der Waals surface area (Å²) in [6.45, 7) is 4.16. The number of anilines is 2. The number of aromatic hydroxyl groups is 1. The van der Waals surface area contributed by atoms with E-state index in [-0.39, 0.29) is 18.0 Å². The van der Waals surface area contributed by atoms with E-state index >= 15 is 0 Å². The van der Waals surface area contributed by atoms with E-state index in [1.807, 2.05) is 29.9 Å². The number of benzene rings is 1. The van der Waals surface area contributed by atoms with E-state index in [0.717, 1.165) is 56.4 Å². The average molecular weight is 608 g/mol. The van der Waals surface area contributed by atoms with Crippen LogP contribution >= 0.6 is 11.6 Å². The Bertz CT molecular complexity index is 1410. The van der Waals surface area contributed by atoms with Gasteiger partial charge in [0.05, 0.1) is 43.4 Å². The molecule has 2 aromatic heterocycles. The maximum absolute atomic E-state index is 10.6. The topological polar surface area (TPSA) is 146 Å². The largest absolute Gasteiger partial charge is 0.491 e. The van der Waals surface area contributed by atoms with Crippen LogP contribution in [0.25, 0.3) is 11.1 Å². The van der Waals surface area contributed by atoms with Gasteiger partial charge in [-0.25, -0.2) is 15.0 Å². The summed E-state index contributed by atoms with van der Waals surface area (Å²) in [5, 5.41) is 28.5. The van der Waals surface area contributed by atoms with Gasteiger partial charge >= 0.3 is 0 Å². The molecule has 1 aromatic carbocycles. The Labute approximate surface area is 256 Å². The van der Waals surface area contributed by atoms with E-state index in [1.165, 1.54) is 19.2 Å². The number of aliphatic imine (C=N–C) groups is 1. The smallest absolute Gasteiger partial charge is 0.254 e. The first-order valence-corrected chi connectivity index (χ1v) is 15.3. The Kier molecular flexibility index (Phi) is 9.06. The molecule has 4 N–H and O–H groups in total. The van der Waals surface area contributed by atoms with Crippen molar-refractivity contribution in [3.8, 4) is 22.8 Å². The van der Waals surface area contributed by atoms with Gasteiger partial charge in [-0.3, -0.25) is 15.0 Å². The van der Waals surface area contributed by atoms with Crippen LogP contribution in [0.15, 0.2) is 41.8 Å². The zero-order valence-corrected chi connectivity index (χ0v) is 25.0. The minimum absolute atomic E-state index is 0.0618. The number of nitrogens with one attached hydrogen (secondary N) is 3. The van der Waals surface area contributed by atoms with Crippen molar-refractivity contribution in [2.75, 3.05) is 25.1 Å². The van der Waals surface area contributed by atoms with E-state index in [4.69, 9.17) is 26.5 Å². The molecule has 0 radical (unpaired) electrons. The van der Waals surface area contributed by atoms with Gasteiger partial charge in [-0.05, 0) is 63.1 Å². The summed E-state index contributed by atoms with van der Waals surface area (Å²) < 4.78 is 13.7. The molecule has 3 fully saturated rings. The summed E-state index contributed by atoms with van der Waals surface area (Å²) in [6, 6.07) is 7.56. The minimum atomic E-state index is -0.184. The number of morpholine rings is 1. The molecule has 0 unspecified atom stereocenters. The number of hydrogen-bond acceptors (Lipinski definition) is 9. The van der Waals surface area contributed by atoms with Gasteiger partial charge in [-0.1, -0.05) is 17.7 Å². The highest BCUT2D eigenvalue weighted by molar-refractivity contribution is 6.32. The minimum Gasteiger partial charge on any atom is -0.491 e. The molecule has 1 saturated carbocycles. The number of ether oxygens (including phenoxy) is 2. The fourth-order valence-electron chi connectivity index (χ4n) is 6.54. The van der Waals surface area contributed by atoms with Gasteiger partial charge in [0.2, 0.25) is 5.95 Å². The van der Waals surface area contributed by atoms with Crippen LogP contribution in [-0.2, 0) is 4.74 Å². The number of fused-ring (bicyclic) bond motifs is 2. The highest BCUT2D eigenvalue weighted by Crippen LogP contribution is 2.39. The molecule has 43 heavy (non-hydrogen) atoms. The van der Waals surface area contributed by atoms with Crippen LogP contribution in [0.4, 0.5) is 11.6 Å². The first kappa shape index (κ1) is 29.3. The second kappa shape index (κ2) is 13.3. The summed E-state index contributed by atoms with van der Waals surface area (Å²) in [7, 11) is 0. The average Bonchev–Trinajstić information content (AvgIpc) is 3.51. The van der Waals surface area contributed by atoms with Crippen molar-refractivity contribution in [3.63, 3.8) is 0 Å². The summed E-state index contributed by atoms with van der Waals surface area (Å²) >= 11 is 6.38. The van der Waals surface area contributed by atoms with Gasteiger partial charge in [-0.2, -0.15) is 0 Å². The molecule has 12 nitrogen and oxygen atoms in total. The van der Waals surface area contributed by atoms with Crippen LogP contribution in [0.1, 0.15) is 51.5 Å². The van der Waals surface area contributed by atoms with Crippen molar-refractivity contribution >= 4 is 35.9 Å². The molecule has 0 spiro atoms. The Morgan fingerprint density at radius 2 is 1.79 bits per heavy atom. The molecular formula is C30H38ClN9O3. The normalized spacial score (nSPS) is 24.6. The van der Waals surface area contributed by atoms with E-state index in [1.54, 1.807) is 18.5 Å². The third kappa shape index (κ3) is 6.76. The van der Waals surface area contributed by atoms with Gasteiger partial charge in [0.15, 0.2) is 0 Å². The molecule has 3 aromatic rings. The summed E-state index contributed by atoms with van der Waals surface area (Å²) in [4.78, 5) is 15.4. The van der Waals surface area contributed by atoms with Crippen molar-refractivity contribution in [2.24, 2.45) is 4.99 Å². The lowest BCUT2D eigenvalue weighted by Gasteiger charge is -2.43. The van der Waals surface area contributed by atoms with Crippen LogP contribution < -0.4 is 15.4 Å². The number of hydrogen-bond donors (Lipinski definition) is 4. The van der Waals surface area contributed by atoms with Crippen molar-refractivity contribution in [1.82, 2.24) is 30.0 Å². The van der Waals surface area contributed by atoms with Crippen LogP contribution in [0.2, 0.25) is 5.02 Å². The second-order valence-corrected chi connectivity index (χ2v) is 11.9. The van der Waals surface area contributed by atoms with E-state index in [0.29, 0.717) is 47.1 Å². The van der Waals surface area contributed by atoms with Crippen molar-refractivity contribution in [2.45, 2.75) is 75.7 Å². The van der Waals surface area contributed by atoms with Crippen molar-refractivity contribution < 1.29 is 14.6 Å². The Morgan fingerprint density at radius 3 is 2.51 bits per heavy atom. The highest BCUT2D eigenvalue weighted by Gasteiger charge is 2.42. The summed E-state index contributed by atoms with van der Waals surface area (Å²) in [5.74, 6) is 0.846. The van der Waals surface area contributed by atoms with Crippen molar-refractivity contribution in [1.29, 1.82) is 5.41 Å². The van der Waals surface area contributed by atoms with E-state index < -0.39 is 0 Å². The van der Waals surface area contributed by atoms with Gasteiger partial charge in [0.25, 0.3) is 5.88 Å². The number of halogens is 1. The standard InChI is InChI=1S/C30H38ClN9O3/c1-19(11-33-18-34-17-32)43-28-10-20(2-9-26(28)31)21-12-35-30(36-13-21)37-27-14-39(38-29(27)41)22-3-5-23(6-4-22)40-24-7-8-25(40)16-42-15-24/h2,9-10,12-14,17-19,22-25H,3-8,11,15-16H2,1H3,(H,38,41)(H2,32,33,34)(H,35,36,37)/t19-,22-,23-,24-,25+/m0/s1. The Balaban J connectivity index is 1.05. The molecule has 2 bridgehead atoms. The first-order chi connectivity index (χ1) is 21.0. The molecule has 2 aliphatic heterocycles. The van der Waals surface area contributed by atoms with E-state index in [2.05, 4.69) is 35.6 Å². The molecule has 4 heterocycles. The van der Waals surface area contributed by atoms with Crippen LogP contribution in [0.3, 0.4) is 0 Å². The van der Waals surface area contributed by atoms with Gasteiger partial charge < -0.3 is 25.2 Å². The van der Waals surface area contributed by atoms with Crippen LogP contribution in [0.5, 0.6) is 11.6 Å². The van der Waals surface area contributed by atoms with E-state index in [9.17, 15) is 5.11 Å². The van der Waals surface area contributed by atoms with Crippen LogP contribution in [0, 0.1) is 5.41 Å². The highest BCUT2D eigenvalue weighted by atomic mass is 35.5. The molecule has 3 aliphatic rings. The predicted molar refractivity (Wildman–Crippen MR) is 166 cm³/mol. The predicted octanol–water partition coefficient (Wildman–Crippen LogP) is 4.78. The third-order valence-corrected chi connectivity index (χ3v) is 8.92. The molecule has 13 heteroatoms. The number of nitrogens with zero attached hydrogens (tertiary/aromatic N) is 6. The third-order valence-electron chi connectivity index (χ3n) is 8.61. The molecule has 228 valence electrons. The maximum Gasteiger partial charge on any atom is 0.254 e. The molecule has 1 aliphatic carbocycles. The molecule has 6 rings (SSSR count). The lowest BCUT2D eigenvalue weighted by molar-refractivity contribution is -0.0458. The Hall–Kier alpha value is -3.74. The zero-order valence-electron chi connectivity index (χ0n) is 24.2. The summed E-state index contributed by atoms with van der Waals surface area (Å²) in [5.41, 5.74) is 2.13. The molecule has 3 atom stereocenters. The maximum atomic E-state index is 10.6. The second-order valence-electron chi connectivity index (χ2n) is 11.5. The zero-order chi connectivity index (χ0) is 29.8. The van der Waals surface area contributed by atoms with Gasteiger partial charge in [-0.15, -0.1) is 5.10 Å². The molecule has 2 saturated heterocycles. The number of aromatic nitrogens is 4. The quantitative estimate of drug-likeness (QED) is 0.179. The van der Waals surface area contributed by atoms with Gasteiger partial charge in [0.1, 0.15) is 23.9 Å². The van der Waals surface area contributed by atoms with Gasteiger partial charge in [0, 0.05) is 36.1 Å². The fraction of sp³-hybridized carbons (Fsp3) is 0.500. The SMILES string of the molecule is C[C@@H](CN/C=N\C=N)Oc1cc(-c2cnc(Nc3cn([C@H]4CC[C@H](N5[C@@H]6CC[C@H]5COC6)CC4)nc3O)nc2)ccc1Cl. The lowest BCUT2D eigenvalue weighted by Crippen LogP contribution is -2.52. The van der Waals surface area contributed by atoms with Crippen LogP contribution in [-0.4, -0.2) is 86.4 Å². The first-order valence-electron chi connectivity index (χ1n) is 14.9.